The fourth-order valence-electron chi connectivity index (χ4n) is 5.90. The van der Waals surface area contributed by atoms with E-state index in [1.54, 1.807) is 4.90 Å². The standard InChI is InChI=1S/C29H30F4N2O2/c30-22-13-19(14-23(31)16-22)1-2-28(37)35-9-4-20(5-10-35)27(36)18-34-11-7-29(8-12-34)6-3-21-15-25(32)26(33)17-24(21)29/h1-3,6,13-17,20,27,36H,4-5,7-12,18H2/b2-1+. The van der Waals surface area contributed by atoms with Crippen LogP contribution in [-0.4, -0.2) is 59.6 Å². The Bertz CT molecular complexity index is 1210. The summed E-state index contributed by atoms with van der Waals surface area (Å²) < 4.78 is 54.2. The minimum atomic E-state index is -0.827. The minimum Gasteiger partial charge on any atom is -0.392 e. The summed E-state index contributed by atoms with van der Waals surface area (Å²) in [5.74, 6) is -3.18. The maximum absolute atomic E-state index is 13.9. The fraction of sp³-hybridized carbons (Fsp3) is 0.414. The van der Waals surface area contributed by atoms with Gasteiger partial charge in [0.15, 0.2) is 11.6 Å². The number of β-amino-alcohol motifs (C(OH)–C–C–N with tert-alkyl or cyclic N) is 1. The number of rotatable bonds is 5. The number of carbonyl (C=O) groups excluding carboxylic acids is 1. The first-order chi connectivity index (χ1) is 17.7. The summed E-state index contributed by atoms with van der Waals surface area (Å²) >= 11 is 0. The molecule has 5 rings (SSSR count). The fourth-order valence-corrected chi connectivity index (χ4v) is 5.90. The Hall–Kier alpha value is -2.97. The lowest BCUT2D eigenvalue weighted by molar-refractivity contribution is -0.128. The average molecular weight is 515 g/mol. The van der Waals surface area contributed by atoms with E-state index in [-0.39, 0.29) is 22.8 Å². The van der Waals surface area contributed by atoms with Gasteiger partial charge in [0.2, 0.25) is 5.91 Å². The van der Waals surface area contributed by atoms with Crippen LogP contribution in [0.3, 0.4) is 0 Å². The number of halogens is 4. The molecule has 2 aliphatic heterocycles. The maximum Gasteiger partial charge on any atom is 0.246 e. The molecule has 1 amide bonds. The smallest absolute Gasteiger partial charge is 0.246 e. The van der Waals surface area contributed by atoms with Gasteiger partial charge in [0, 0.05) is 37.2 Å². The second-order valence-electron chi connectivity index (χ2n) is 10.4. The van der Waals surface area contributed by atoms with Gasteiger partial charge < -0.3 is 14.9 Å². The Labute approximate surface area is 213 Å². The quantitative estimate of drug-likeness (QED) is 0.455. The van der Waals surface area contributed by atoms with Crippen molar-refractivity contribution in [2.45, 2.75) is 37.2 Å². The van der Waals surface area contributed by atoms with Crippen LogP contribution in [0.15, 0.2) is 42.5 Å². The molecule has 2 aromatic rings. The molecule has 196 valence electrons. The van der Waals surface area contributed by atoms with Crippen LogP contribution in [0.1, 0.15) is 42.4 Å². The maximum atomic E-state index is 13.9. The van der Waals surface area contributed by atoms with Crippen molar-refractivity contribution >= 4 is 18.1 Å². The zero-order chi connectivity index (χ0) is 26.2. The number of hydrogen-bond acceptors (Lipinski definition) is 3. The highest BCUT2D eigenvalue weighted by molar-refractivity contribution is 5.91. The Kier molecular flexibility index (Phi) is 7.23. The number of aliphatic hydroxyl groups is 1. The molecule has 1 atom stereocenters. The molecule has 1 unspecified atom stereocenters. The highest BCUT2D eigenvalue weighted by Crippen LogP contribution is 2.44. The van der Waals surface area contributed by atoms with Crippen molar-refractivity contribution in [3.05, 3.63) is 82.4 Å². The van der Waals surface area contributed by atoms with Gasteiger partial charge >= 0.3 is 0 Å². The number of hydrogen-bond donors (Lipinski definition) is 1. The van der Waals surface area contributed by atoms with Gasteiger partial charge in [-0.1, -0.05) is 12.2 Å². The van der Waals surface area contributed by atoms with Crippen molar-refractivity contribution in [2.24, 2.45) is 5.92 Å². The number of aliphatic hydroxyl groups excluding tert-OH is 1. The van der Waals surface area contributed by atoms with Crippen molar-refractivity contribution in [1.82, 2.24) is 9.80 Å². The second kappa shape index (κ2) is 10.4. The molecule has 1 spiro atoms. The second-order valence-corrected chi connectivity index (χ2v) is 10.4. The van der Waals surface area contributed by atoms with E-state index in [9.17, 15) is 27.5 Å². The summed E-state index contributed by atoms with van der Waals surface area (Å²) in [6.45, 7) is 3.06. The number of piperidine rings is 2. The van der Waals surface area contributed by atoms with Crippen molar-refractivity contribution in [1.29, 1.82) is 0 Å². The molecule has 0 bridgehead atoms. The van der Waals surface area contributed by atoms with Crippen molar-refractivity contribution in [3.8, 4) is 0 Å². The molecule has 0 radical (unpaired) electrons. The molecule has 2 fully saturated rings. The summed E-state index contributed by atoms with van der Waals surface area (Å²) in [5.41, 5.74) is 1.60. The van der Waals surface area contributed by atoms with Crippen LogP contribution in [-0.2, 0) is 10.2 Å². The van der Waals surface area contributed by atoms with E-state index >= 15 is 0 Å². The van der Waals surface area contributed by atoms with Gasteiger partial charge in [0.25, 0.3) is 0 Å². The monoisotopic (exact) mass is 514 g/mol. The van der Waals surface area contributed by atoms with Gasteiger partial charge in [-0.3, -0.25) is 4.79 Å². The van der Waals surface area contributed by atoms with E-state index in [1.807, 2.05) is 6.08 Å². The molecule has 37 heavy (non-hydrogen) atoms. The van der Waals surface area contributed by atoms with E-state index in [1.165, 1.54) is 24.3 Å². The lowest BCUT2D eigenvalue weighted by atomic mass is 9.74. The van der Waals surface area contributed by atoms with Crippen LogP contribution in [0, 0.1) is 29.2 Å². The third-order valence-corrected chi connectivity index (χ3v) is 8.10. The van der Waals surface area contributed by atoms with E-state index < -0.39 is 29.4 Å². The van der Waals surface area contributed by atoms with Gasteiger partial charge in [-0.05, 0) is 91.7 Å². The van der Waals surface area contributed by atoms with Crippen LogP contribution in [0.2, 0.25) is 0 Å². The van der Waals surface area contributed by atoms with Crippen molar-refractivity contribution in [3.63, 3.8) is 0 Å². The normalized spacial score (nSPS) is 20.6. The van der Waals surface area contributed by atoms with E-state index in [2.05, 4.69) is 11.0 Å². The first-order valence-corrected chi connectivity index (χ1v) is 12.7. The summed E-state index contributed by atoms with van der Waals surface area (Å²) in [4.78, 5) is 16.4. The van der Waals surface area contributed by atoms with Crippen molar-refractivity contribution in [2.75, 3.05) is 32.7 Å². The molecule has 2 heterocycles. The first-order valence-electron chi connectivity index (χ1n) is 12.7. The number of benzene rings is 2. The molecule has 1 N–H and O–H groups in total. The van der Waals surface area contributed by atoms with Crippen LogP contribution in [0.25, 0.3) is 12.2 Å². The molecule has 2 saturated heterocycles. The number of amides is 1. The minimum absolute atomic E-state index is 0.0744. The Morgan fingerprint density at radius 3 is 2.30 bits per heavy atom. The molecule has 4 nitrogen and oxygen atoms in total. The van der Waals surface area contributed by atoms with Crippen LogP contribution in [0.5, 0.6) is 0 Å². The molecule has 2 aromatic carbocycles. The highest BCUT2D eigenvalue weighted by atomic mass is 19.2. The third-order valence-electron chi connectivity index (χ3n) is 8.10. The summed E-state index contributed by atoms with van der Waals surface area (Å²) in [6.07, 6.45) is 9.06. The van der Waals surface area contributed by atoms with Gasteiger partial charge in [-0.25, -0.2) is 17.6 Å². The van der Waals surface area contributed by atoms with Crippen LogP contribution in [0.4, 0.5) is 17.6 Å². The number of fused-ring (bicyclic) bond motifs is 2. The Morgan fingerprint density at radius 2 is 1.62 bits per heavy atom. The van der Waals surface area contributed by atoms with Crippen molar-refractivity contribution < 1.29 is 27.5 Å². The van der Waals surface area contributed by atoms with Gasteiger partial charge in [-0.2, -0.15) is 0 Å². The molecule has 1 aliphatic carbocycles. The molecule has 8 heteroatoms. The van der Waals surface area contributed by atoms with Gasteiger partial charge in [0.05, 0.1) is 6.10 Å². The topological polar surface area (TPSA) is 43.8 Å². The van der Waals surface area contributed by atoms with Crippen LogP contribution < -0.4 is 0 Å². The molecular weight excluding hydrogens is 484 g/mol. The van der Waals surface area contributed by atoms with E-state index in [0.29, 0.717) is 32.5 Å². The molecule has 0 saturated carbocycles. The van der Waals surface area contributed by atoms with E-state index in [4.69, 9.17) is 0 Å². The number of likely N-dealkylation sites (tertiary alicyclic amines) is 2. The van der Waals surface area contributed by atoms with Gasteiger partial charge in [0.1, 0.15) is 11.6 Å². The highest BCUT2D eigenvalue weighted by Gasteiger charge is 2.39. The third kappa shape index (κ3) is 5.50. The lowest BCUT2D eigenvalue weighted by Crippen LogP contribution is -2.47. The Balaban J connectivity index is 1.09. The lowest BCUT2D eigenvalue weighted by Gasteiger charge is -2.41. The summed E-state index contributed by atoms with van der Waals surface area (Å²) in [6, 6.07) is 5.71. The largest absolute Gasteiger partial charge is 0.392 e. The average Bonchev–Trinajstić information content (AvgIpc) is 3.20. The SMILES string of the molecule is O=C(/C=C/c1cc(F)cc(F)c1)N1CCC(C(O)CN2CCC3(C=Cc4cc(F)c(F)cc43)CC2)CC1. The van der Waals surface area contributed by atoms with Crippen LogP contribution >= 0.6 is 0 Å². The molecular formula is C29H30F4N2O2. The number of nitrogens with zero attached hydrogens (tertiary/aromatic N) is 2. The molecule has 3 aliphatic rings. The summed E-state index contributed by atoms with van der Waals surface area (Å²) in [5, 5.41) is 10.9. The first kappa shape index (κ1) is 25.7. The zero-order valence-electron chi connectivity index (χ0n) is 20.5. The van der Waals surface area contributed by atoms with Gasteiger partial charge in [-0.15, -0.1) is 0 Å². The molecule has 0 aromatic heterocycles. The van der Waals surface area contributed by atoms with E-state index in [0.717, 1.165) is 55.3 Å². The zero-order valence-corrected chi connectivity index (χ0v) is 20.5. The summed E-state index contributed by atoms with van der Waals surface area (Å²) in [7, 11) is 0. The predicted octanol–water partition coefficient (Wildman–Crippen LogP) is 4.92. The number of carbonyl (C=O) groups is 1. The Morgan fingerprint density at radius 1 is 0.973 bits per heavy atom. The number of allylic oxidation sites excluding steroid dienone is 1. The predicted molar refractivity (Wildman–Crippen MR) is 133 cm³/mol.